The average Bonchev–Trinajstić information content (AvgIpc) is 2.51. The van der Waals surface area contributed by atoms with Crippen LogP contribution in [0.4, 0.5) is 0 Å². The van der Waals surface area contributed by atoms with E-state index in [-0.39, 0.29) is 18.7 Å². The topological polar surface area (TPSA) is 58.6 Å². The first kappa shape index (κ1) is 11.5. The molecule has 1 aliphatic heterocycles. The van der Waals surface area contributed by atoms with Crippen molar-refractivity contribution >= 4 is 5.97 Å². The zero-order chi connectivity index (χ0) is 10.6. The van der Waals surface area contributed by atoms with E-state index in [1.54, 1.807) is 0 Å². The van der Waals surface area contributed by atoms with Gasteiger partial charge in [-0.2, -0.15) is 0 Å². The summed E-state index contributed by atoms with van der Waals surface area (Å²) in [7, 11) is 0. The highest BCUT2D eigenvalue weighted by Gasteiger charge is 2.26. The molecule has 0 radical (unpaired) electrons. The Morgan fingerprint density at radius 3 is 3.00 bits per heavy atom. The van der Waals surface area contributed by atoms with Gasteiger partial charge in [-0.05, 0) is 12.3 Å². The molecule has 0 amide bonds. The number of hydrogen-bond donors (Lipinski definition) is 2. The summed E-state index contributed by atoms with van der Waals surface area (Å²) in [4.78, 5) is 10.4. The van der Waals surface area contributed by atoms with Gasteiger partial charge in [-0.1, -0.05) is 20.3 Å². The van der Waals surface area contributed by atoms with E-state index in [0.29, 0.717) is 12.5 Å². The van der Waals surface area contributed by atoms with E-state index in [1.165, 1.54) is 0 Å². The van der Waals surface area contributed by atoms with Crippen LogP contribution in [0.5, 0.6) is 0 Å². The van der Waals surface area contributed by atoms with Crippen LogP contribution in [0.2, 0.25) is 0 Å². The Labute approximate surface area is 84.6 Å². The first-order valence-electron chi connectivity index (χ1n) is 5.21. The van der Waals surface area contributed by atoms with Crippen LogP contribution < -0.4 is 5.32 Å². The van der Waals surface area contributed by atoms with Gasteiger partial charge < -0.3 is 9.84 Å². The Morgan fingerprint density at radius 1 is 1.71 bits per heavy atom. The number of hydrogen-bond acceptors (Lipinski definition) is 3. The summed E-state index contributed by atoms with van der Waals surface area (Å²) in [5, 5.41) is 11.8. The fraction of sp³-hybridized carbons (Fsp3) is 0.900. The van der Waals surface area contributed by atoms with Crippen LogP contribution in [0.15, 0.2) is 0 Å². The van der Waals surface area contributed by atoms with Crippen molar-refractivity contribution in [2.45, 2.75) is 45.4 Å². The van der Waals surface area contributed by atoms with Crippen molar-refractivity contribution < 1.29 is 14.6 Å². The summed E-state index contributed by atoms with van der Waals surface area (Å²) in [5.74, 6) is -0.147. The van der Waals surface area contributed by atoms with Crippen LogP contribution in [-0.2, 0) is 9.53 Å². The van der Waals surface area contributed by atoms with Gasteiger partial charge in [0.25, 0.3) is 0 Å². The van der Waals surface area contributed by atoms with Crippen LogP contribution >= 0.6 is 0 Å². The number of ether oxygens (including phenoxy) is 1. The van der Waals surface area contributed by atoms with Crippen molar-refractivity contribution in [1.29, 1.82) is 0 Å². The monoisotopic (exact) mass is 201 g/mol. The second-order valence-electron chi connectivity index (χ2n) is 4.03. The fourth-order valence-corrected chi connectivity index (χ4v) is 1.59. The molecule has 4 nitrogen and oxygen atoms in total. The van der Waals surface area contributed by atoms with Crippen molar-refractivity contribution in [3.8, 4) is 0 Å². The maximum absolute atomic E-state index is 10.4. The normalized spacial score (nSPS) is 29.0. The van der Waals surface area contributed by atoms with Crippen LogP contribution in [0.25, 0.3) is 0 Å². The van der Waals surface area contributed by atoms with Crippen molar-refractivity contribution in [3.63, 3.8) is 0 Å². The number of carboxylic acids is 1. The zero-order valence-corrected chi connectivity index (χ0v) is 8.82. The molecule has 1 saturated heterocycles. The Bertz CT molecular complexity index is 196. The lowest BCUT2D eigenvalue weighted by Gasteiger charge is -2.15. The van der Waals surface area contributed by atoms with Crippen molar-refractivity contribution in [2.24, 2.45) is 5.92 Å². The summed E-state index contributed by atoms with van der Waals surface area (Å²) in [6, 6.07) is -0.0124. The smallest absolute Gasteiger partial charge is 0.305 e. The molecule has 0 bridgehead atoms. The third-order valence-corrected chi connectivity index (χ3v) is 2.65. The number of carboxylic acid groups (broad SMARTS) is 1. The lowest BCUT2D eigenvalue weighted by atomic mass is 10.0. The lowest BCUT2D eigenvalue weighted by molar-refractivity contribution is -0.137. The summed E-state index contributed by atoms with van der Waals surface area (Å²) in [5.41, 5.74) is 0. The Hall–Kier alpha value is -0.610. The van der Waals surface area contributed by atoms with E-state index >= 15 is 0 Å². The van der Waals surface area contributed by atoms with E-state index in [4.69, 9.17) is 9.84 Å². The summed E-state index contributed by atoms with van der Waals surface area (Å²) in [6.45, 7) is 4.84. The highest BCUT2D eigenvalue weighted by atomic mass is 16.5. The van der Waals surface area contributed by atoms with Gasteiger partial charge in [-0.25, -0.2) is 0 Å². The van der Waals surface area contributed by atoms with Crippen molar-refractivity contribution in [1.82, 2.24) is 5.32 Å². The number of rotatable bonds is 5. The molecule has 3 atom stereocenters. The first-order chi connectivity index (χ1) is 6.61. The predicted molar refractivity (Wildman–Crippen MR) is 53.0 cm³/mol. The summed E-state index contributed by atoms with van der Waals surface area (Å²) in [6.07, 6.45) is 2.30. The van der Waals surface area contributed by atoms with Gasteiger partial charge in [-0.3, -0.25) is 10.1 Å². The molecule has 82 valence electrons. The van der Waals surface area contributed by atoms with Crippen LogP contribution in [-0.4, -0.2) is 30.0 Å². The quantitative estimate of drug-likeness (QED) is 0.702. The molecule has 14 heavy (non-hydrogen) atoms. The number of nitrogens with one attached hydrogen (secondary N) is 1. The van der Waals surface area contributed by atoms with Gasteiger partial charge in [0, 0.05) is 6.04 Å². The fourth-order valence-electron chi connectivity index (χ4n) is 1.59. The van der Waals surface area contributed by atoms with Gasteiger partial charge in [0.15, 0.2) is 0 Å². The minimum atomic E-state index is -0.768. The highest BCUT2D eigenvalue weighted by Crippen LogP contribution is 2.16. The van der Waals surface area contributed by atoms with E-state index in [9.17, 15) is 4.79 Å². The molecular formula is C10H19NO3. The highest BCUT2D eigenvalue weighted by molar-refractivity contribution is 5.67. The van der Waals surface area contributed by atoms with Gasteiger partial charge in [0.1, 0.15) is 6.23 Å². The van der Waals surface area contributed by atoms with Crippen molar-refractivity contribution in [3.05, 3.63) is 0 Å². The molecule has 0 aromatic carbocycles. The second kappa shape index (κ2) is 5.32. The predicted octanol–water partition coefficient (Wildman–Crippen LogP) is 1.21. The maximum Gasteiger partial charge on any atom is 0.305 e. The largest absolute Gasteiger partial charge is 0.481 e. The molecule has 0 spiro atoms. The molecule has 0 aromatic heterocycles. The van der Waals surface area contributed by atoms with E-state index in [0.717, 1.165) is 12.8 Å². The van der Waals surface area contributed by atoms with E-state index in [2.05, 4.69) is 19.2 Å². The SMILES string of the molecule is CCC(C)CC1NC(CC(=O)O)CO1. The third kappa shape index (κ3) is 3.64. The molecule has 1 aliphatic rings. The van der Waals surface area contributed by atoms with Crippen molar-refractivity contribution in [2.75, 3.05) is 6.61 Å². The van der Waals surface area contributed by atoms with Crippen LogP contribution in [0.1, 0.15) is 33.1 Å². The molecule has 0 aromatic rings. The summed E-state index contributed by atoms with van der Waals surface area (Å²) >= 11 is 0. The molecule has 1 rings (SSSR count). The molecule has 4 heteroatoms. The molecular weight excluding hydrogens is 182 g/mol. The van der Waals surface area contributed by atoms with Gasteiger partial charge in [0.05, 0.1) is 13.0 Å². The Balaban J connectivity index is 2.23. The molecule has 0 aliphatic carbocycles. The van der Waals surface area contributed by atoms with E-state index < -0.39 is 5.97 Å². The first-order valence-corrected chi connectivity index (χ1v) is 5.21. The molecule has 1 heterocycles. The van der Waals surface area contributed by atoms with Gasteiger partial charge in [-0.15, -0.1) is 0 Å². The summed E-state index contributed by atoms with van der Waals surface area (Å²) < 4.78 is 5.46. The zero-order valence-electron chi connectivity index (χ0n) is 8.82. The molecule has 3 unspecified atom stereocenters. The number of carbonyl (C=O) groups is 1. The van der Waals surface area contributed by atoms with Gasteiger partial charge >= 0.3 is 5.97 Å². The molecule has 1 fully saturated rings. The second-order valence-corrected chi connectivity index (χ2v) is 4.03. The lowest BCUT2D eigenvalue weighted by Crippen LogP contribution is -2.33. The minimum absolute atomic E-state index is 0.0124. The Morgan fingerprint density at radius 2 is 2.43 bits per heavy atom. The van der Waals surface area contributed by atoms with Gasteiger partial charge in [0.2, 0.25) is 0 Å². The third-order valence-electron chi connectivity index (χ3n) is 2.65. The van der Waals surface area contributed by atoms with Crippen LogP contribution in [0.3, 0.4) is 0 Å². The Kier molecular flexibility index (Phi) is 4.35. The maximum atomic E-state index is 10.4. The molecule has 2 N–H and O–H groups in total. The average molecular weight is 201 g/mol. The minimum Gasteiger partial charge on any atom is -0.481 e. The standard InChI is InChI=1S/C10H19NO3/c1-3-7(2)4-9-11-8(6-14-9)5-10(12)13/h7-9,11H,3-6H2,1-2H3,(H,12,13). The van der Waals surface area contributed by atoms with Crippen LogP contribution in [0, 0.1) is 5.92 Å². The molecule has 0 saturated carbocycles. The van der Waals surface area contributed by atoms with E-state index in [1.807, 2.05) is 0 Å². The number of aliphatic carboxylic acids is 1.